The van der Waals surface area contributed by atoms with Crippen molar-refractivity contribution in [3.05, 3.63) is 58.9 Å². The summed E-state index contributed by atoms with van der Waals surface area (Å²) in [6.07, 6.45) is 2.34. The number of pyridine rings is 1. The SMILES string of the molecule is CCc1ccc(S(=O)(=O)OCc2ccc(Cl)nc2)cc1. The lowest BCUT2D eigenvalue weighted by atomic mass is 10.2. The lowest BCUT2D eigenvalue weighted by Crippen LogP contribution is -2.06. The van der Waals surface area contributed by atoms with Gasteiger partial charge in [0.1, 0.15) is 5.15 Å². The summed E-state index contributed by atoms with van der Waals surface area (Å²) < 4.78 is 29.0. The molecule has 6 heteroatoms. The molecule has 1 aromatic carbocycles. The second kappa shape index (κ2) is 6.35. The van der Waals surface area contributed by atoms with Gasteiger partial charge in [0.05, 0.1) is 11.5 Å². The van der Waals surface area contributed by atoms with Gasteiger partial charge in [-0.3, -0.25) is 4.18 Å². The van der Waals surface area contributed by atoms with E-state index < -0.39 is 10.1 Å². The Labute approximate surface area is 123 Å². The van der Waals surface area contributed by atoms with Crippen molar-refractivity contribution >= 4 is 21.7 Å². The average molecular weight is 312 g/mol. The molecule has 1 heterocycles. The quantitative estimate of drug-likeness (QED) is 0.628. The standard InChI is InChI=1S/C14H14ClNO3S/c1-2-11-3-6-13(7-4-11)20(17,18)19-10-12-5-8-14(15)16-9-12/h3-9H,2,10H2,1H3. The lowest BCUT2D eigenvalue weighted by molar-refractivity contribution is 0.307. The Morgan fingerprint density at radius 3 is 2.30 bits per heavy atom. The van der Waals surface area contributed by atoms with Crippen LogP contribution >= 0.6 is 11.6 Å². The van der Waals surface area contributed by atoms with E-state index in [0.29, 0.717) is 10.7 Å². The molecule has 20 heavy (non-hydrogen) atoms. The molecule has 0 atom stereocenters. The minimum atomic E-state index is -3.75. The van der Waals surface area contributed by atoms with Crippen molar-refractivity contribution in [3.8, 4) is 0 Å². The molecule has 0 aliphatic carbocycles. The number of halogens is 1. The van der Waals surface area contributed by atoms with Crippen LogP contribution in [0.2, 0.25) is 5.15 Å². The number of benzene rings is 1. The Hall–Kier alpha value is -1.43. The van der Waals surface area contributed by atoms with Crippen molar-refractivity contribution in [1.29, 1.82) is 0 Å². The van der Waals surface area contributed by atoms with Crippen LogP contribution in [0.25, 0.3) is 0 Å². The highest BCUT2D eigenvalue weighted by molar-refractivity contribution is 7.86. The van der Waals surface area contributed by atoms with E-state index in [1.165, 1.54) is 6.20 Å². The van der Waals surface area contributed by atoms with Gasteiger partial charge < -0.3 is 0 Å². The van der Waals surface area contributed by atoms with E-state index in [-0.39, 0.29) is 11.5 Å². The van der Waals surface area contributed by atoms with Crippen molar-refractivity contribution in [3.63, 3.8) is 0 Å². The molecule has 0 bridgehead atoms. The Bertz CT molecular complexity index is 667. The number of rotatable bonds is 5. The first-order valence-electron chi connectivity index (χ1n) is 6.10. The van der Waals surface area contributed by atoms with Gasteiger partial charge in [0.25, 0.3) is 10.1 Å². The Morgan fingerprint density at radius 1 is 1.10 bits per heavy atom. The Kier molecular flexibility index (Phi) is 4.75. The molecule has 106 valence electrons. The van der Waals surface area contributed by atoms with E-state index in [2.05, 4.69) is 4.98 Å². The second-order valence-electron chi connectivity index (χ2n) is 4.20. The highest BCUT2D eigenvalue weighted by Gasteiger charge is 2.15. The van der Waals surface area contributed by atoms with Gasteiger partial charge in [-0.05, 0) is 35.7 Å². The third-order valence-corrected chi connectivity index (χ3v) is 4.29. The minimum absolute atomic E-state index is 0.0674. The largest absolute Gasteiger partial charge is 0.297 e. The summed E-state index contributed by atoms with van der Waals surface area (Å²) in [5.74, 6) is 0. The molecule has 2 rings (SSSR count). The smallest absolute Gasteiger partial charge is 0.261 e. The molecule has 0 radical (unpaired) electrons. The van der Waals surface area contributed by atoms with Crippen LogP contribution < -0.4 is 0 Å². The van der Waals surface area contributed by atoms with Gasteiger partial charge >= 0.3 is 0 Å². The predicted octanol–water partition coefficient (Wildman–Crippen LogP) is 3.20. The molecule has 0 N–H and O–H groups in total. The number of hydrogen-bond donors (Lipinski definition) is 0. The maximum absolute atomic E-state index is 12.0. The van der Waals surface area contributed by atoms with Gasteiger partial charge in [-0.1, -0.05) is 36.7 Å². The zero-order valence-corrected chi connectivity index (χ0v) is 12.5. The molecule has 0 fully saturated rings. The molecule has 0 aliphatic heterocycles. The molecule has 0 saturated carbocycles. The maximum Gasteiger partial charge on any atom is 0.297 e. The van der Waals surface area contributed by atoms with Crippen molar-refractivity contribution in [2.75, 3.05) is 0 Å². The Morgan fingerprint density at radius 2 is 1.75 bits per heavy atom. The van der Waals surface area contributed by atoms with Gasteiger partial charge in [-0.2, -0.15) is 8.42 Å². The molecule has 0 unspecified atom stereocenters. The lowest BCUT2D eigenvalue weighted by Gasteiger charge is -2.06. The first kappa shape index (κ1) is 15.0. The van der Waals surface area contributed by atoms with E-state index in [0.717, 1.165) is 12.0 Å². The Balaban J connectivity index is 2.08. The monoisotopic (exact) mass is 311 g/mol. The van der Waals surface area contributed by atoms with Gasteiger partial charge in [-0.25, -0.2) is 4.98 Å². The molecule has 2 aromatic rings. The van der Waals surface area contributed by atoms with Crippen molar-refractivity contribution in [2.45, 2.75) is 24.8 Å². The first-order chi connectivity index (χ1) is 9.51. The fourth-order valence-corrected chi connectivity index (χ4v) is 2.61. The van der Waals surface area contributed by atoms with Crippen LogP contribution in [-0.2, 0) is 27.3 Å². The van der Waals surface area contributed by atoms with E-state index in [1.54, 1.807) is 36.4 Å². The second-order valence-corrected chi connectivity index (χ2v) is 6.21. The molecule has 0 aliphatic rings. The summed E-state index contributed by atoms with van der Waals surface area (Å²) in [4.78, 5) is 4.02. The van der Waals surface area contributed by atoms with E-state index in [9.17, 15) is 8.42 Å². The predicted molar refractivity (Wildman–Crippen MR) is 77.0 cm³/mol. The third-order valence-electron chi connectivity index (χ3n) is 2.79. The van der Waals surface area contributed by atoms with Crippen LogP contribution in [0.1, 0.15) is 18.1 Å². The van der Waals surface area contributed by atoms with Crippen LogP contribution in [0.4, 0.5) is 0 Å². The third kappa shape index (κ3) is 3.79. The van der Waals surface area contributed by atoms with E-state index in [4.69, 9.17) is 15.8 Å². The fourth-order valence-electron chi connectivity index (χ4n) is 1.60. The van der Waals surface area contributed by atoms with Crippen molar-refractivity contribution < 1.29 is 12.6 Å². The summed E-state index contributed by atoms with van der Waals surface area (Å²) in [6, 6.07) is 9.91. The highest BCUT2D eigenvalue weighted by Crippen LogP contribution is 2.16. The molecular weight excluding hydrogens is 298 g/mol. The van der Waals surface area contributed by atoms with Crippen LogP contribution in [0.3, 0.4) is 0 Å². The topological polar surface area (TPSA) is 56.3 Å². The minimum Gasteiger partial charge on any atom is -0.261 e. The van der Waals surface area contributed by atoms with Crippen LogP contribution in [0, 0.1) is 0 Å². The number of aromatic nitrogens is 1. The zero-order chi connectivity index (χ0) is 14.6. The van der Waals surface area contributed by atoms with Gasteiger partial charge in [-0.15, -0.1) is 0 Å². The molecule has 0 spiro atoms. The van der Waals surface area contributed by atoms with Crippen LogP contribution in [-0.4, -0.2) is 13.4 Å². The summed E-state index contributed by atoms with van der Waals surface area (Å²) in [6.45, 7) is 1.94. The van der Waals surface area contributed by atoms with Crippen molar-refractivity contribution in [2.24, 2.45) is 0 Å². The summed E-state index contributed by atoms with van der Waals surface area (Å²) in [7, 11) is -3.75. The summed E-state index contributed by atoms with van der Waals surface area (Å²) >= 11 is 5.66. The summed E-state index contributed by atoms with van der Waals surface area (Å²) in [5, 5.41) is 0.353. The zero-order valence-electron chi connectivity index (χ0n) is 10.9. The van der Waals surface area contributed by atoms with Gasteiger partial charge in [0.15, 0.2) is 0 Å². The molecule has 1 aromatic heterocycles. The number of nitrogens with zero attached hydrogens (tertiary/aromatic N) is 1. The highest BCUT2D eigenvalue weighted by atomic mass is 35.5. The molecule has 4 nitrogen and oxygen atoms in total. The van der Waals surface area contributed by atoms with Crippen LogP contribution in [0.5, 0.6) is 0 Å². The van der Waals surface area contributed by atoms with Gasteiger partial charge in [0, 0.05) is 6.20 Å². The molecule has 0 amide bonds. The normalized spacial score (nSPS) is 11.5. The van der Waals surface area contributed by atoms with Crippen LogP contribution in [0.15, 0.2) is 47.5 Å². The summed E-state index contributed by atoms with van der Waals surface area (Å²) in [5.41, 5.74) is 1.72. The van der Waals surface area contributed by atoms with E-state index in [1.807, 2.05) is 6.92 Å². The number of hydrogen-bond acceptors (Lipinski definition) is 4. The fraction of sp³-hybridized carbons (Fsp3) is 0.214. The maximum atomic E-state index is 12.0. The van der Waals surface area contributed by atoms with Gasteiger partial charge in [0.2, 0.25) is 0 Å². The van der Waals surface area contributed by atoms with E-state index >= 15 is 0 Å². The average Bonchev–Trinajstić information content (AvgIpc) is 2.47. The van der Waals surface area contributed by atoms with Crippen molar-refractivity contribution in [1.82, 2.24) is 4.98 Å². The number of aryl methyl sites for hydroxylation is 1. The molecule has 0 saturated heterocycles. The molecular formula is C14H14ClNO3S. The first-order valence-corrected chi connectivity index (χ1v) is 7.88.